The Kier molecular flexibility index (Phi) is 7.64. The lowest BCUT2D eigenvalue weighted by Gasteiger charge is -2.41. The van der Waals surface area contributed by atoms with Gasteiger partial charge in [0.25, 0.3) is 5.91 Å². The second-order valence-corrected chi connectivity index (χ2v) is 11.3. The number of aromatic nitrogens is 1. The van der Waals surface area contributed by atoms with Gasteiger partial charge in [0, 0.05) is 42.1 Å². The summed E-state index contributed by atoms with van der Waals surface area (Å²) in [6.07, 6.45) is 5.67. The number of thiazole rings is 1. The highest BCUT2D eigenvalue weighted by molar-refractivity contribution is 8.01. The number of piperazine rings is 1. The molecular weight excluding hydrogens is 492 g/mol. The SMILES string of the molecule is C=CC(=O)N1CCN(C(=O)c2cc(Sc3cnc(NC(=O)C4CC4)s3)c(Cl)cc2C)C[C@H]1CC. The molecule has 10 heteroatoms. The molecule has 1 aromatic carbocycles. The van der Waals surface area contributed by atoms with E-state index in [9.17, 15) is 14.4 Å². The number of anilines is 1. The van der Waals surface area contributed by atoms with Crippen LogP contribution in [0.25, 0.3) is 0 Å². The molecule has 34 heavy (non-hydrogen) atoms. The van der Waals surface area contributed by atoms with Gasteiger partial charge < -0.3 is 15.1 Å². The Morgan fingerprint density at radius 3 is 2.76 bits per heavy atom. The van der Waals surface area contributed by atoms with Crippen molar-refractivity contribution in [2.45, 2.75) is 48.3 Å². The molecule has 180 valence electrons. The van der Waals surface area contributed by atoms with Crippen LogP contribution in [-0.4, -0.2) is 58.2 Å². The third-order valence-corrected chi connectivity index (χ3v) is 8.58. The highest BCUT2D eigenvalue weighted by Crippen LogP contribution is 2.39. The summed E-state index contributed by atoms with van der Waals surface area (Å²) < 4.78 is 0.873. The van der Waals surface area contributed by atoms with Gasteiger partial charge >= 0.3 is 0 Å². The van der Waals surface area contributed by atoms with Gasteiger partial charge in [-0.25, -0.2) is 4.98 Å². The summed E-state index contributed by atoms with van der Waals surface area (Å²) in [5.41, 5.74) is 1.40. The van der Waals surface area contributed by atoms with E-state index in [1.165, 1.54) is 29.2 Å². The fourth-order valence-electron chi connectivity index (χ4n) is 3.95. The topological polar surface area (TPSA) is 82.6 Å². The maximum absolute atomic E-state index is 13.4. The van der Waals surface area contributed by atoms with Gasteiger partial charge in [-0.05, 0) is 50.0 Å². The third-order valence-electron chi connectivity index (χ3n) is 6.08. The predicted octanol–water partition coefficient (Wildman–Crippen LogP) is 4.85. The zero-order valence-corrected chi connectivity index (χ0v) is 21.6. The molecule has 1 N–H and O–H groups in total. The fourth-order valence-corrected chi connectivity index (χ4v) is 6.17. The average Bonchev–Trinajstić information content (AvgIpc) is 3.60. The van der Waals surface area contributed by atoms with E-state index < -0.39 is 0 Å². The maximum atomic E-state index is 13.4. The van der Waals surface area contributed by atoms with Crippen molar-refractivity contribution < 1.29 is 14.4 Å². The van der Waals surface area contributed by atoms with Gasteiger partial charge in [-0.15, -0.1) is 0 Å². The van der Waals surface area contributed by atoms with Crippen LogP contribution in [0.2, 0.25) is 5.02 Å². The number of hydrogen-bond acceptors (Lipinski definition) is 6. The molecule has 0 spiro atoms. The van der Waals surface area contributed by atoms with E-state index in [1.807, 2.05) is 30.9 Å². The summed E-state index contributed by atoms with van der Waals surface area (Å²) in [7, 11) is 0. The van der Waals surface area contributed by atoms with Crippen LogP contribution >= 0.6 is 34.7 Å². The van der Waals surface area contributed by atoms with Gasteiger partial charge in [0.1, 0.15) is 0 Å². The summed E-state index contributed by atoms with van der Waals surface area (Å²) in [5.74, 6) is -0.0315. The molecule has 0 unspecified atom stereocenters. The number of nitrogens with zero attached hydrogens (tertiary/aromatic N) is 3. The molecule has 1 saturated carbocycles. The largest absolute Gasteiger partial charge is 0.335 e. The molecule has 2 heterocycles. The zero-order valence-electron chi connectivity index (χ0n) is 19.2. The maximum Gasteiger partial charge on any atom is 0.254 e. The van der Waals surface area contributed by atoms with Crippen molar-refractivity contribution in [2.75, 3.05) is 25.0 Å². The first-order valence-electron chi connectivity index (χ1n) is 11.3. The van der Waals surface area contributed by atoms with E-state index in [4.69, 9.17) is 11.6 Å². The van der Waals surface area contributed by atoms with Crippen molar-refractivity contribution in [2.24, 2.45) is 5.92 Å². The molecular formula is C24H27ClN4O3S2. The average molecular weight is 519 g/mol. The van der Waals surface area contributed by atoms with E-state index in [0.29, 0.717) is 35.4 Å². The normalized spacial score (nSPS) is 18.0. The Morgan fingerprint density at radius 1 is 1.32 bits per heavy atom. The van der Waals surface area contributed by atoms with Crippen LogP contribution in [-0.2, 0) is 9.59 Å². The first kappa shape index (κ1) is 24.8. The molecule has 1 aliphatic heterocycles. The minimum Gasteiger partial charge on any atom is -0.335 e. The first-order valence-corrected chi connectivity index (χ1v) is 13.3. The van der Waals surface area contributed by atoms with Crippen molar-refractivity contribution in [3.8, 4) is 0 Å². The molecule has 1 saturated heterocycles. The minimum absolute atomic E-state index is 0.0208. The van der Waals surface area contributed by atoms with Crippen LogP contribution in [0.15, 0.2) is 40.1 Å². The molecule has 1 atom stereocenters. The Bertz CT molecular complexity index is 1130. The van der Waals surface area contributed by atoms with Gasteiger partial charge in [0.2, 0.25) is 11.8 Å². The van der Waals surface area contributed by atoms with Gasteiger partial charge in [-0.2, -0.15) is 0 Å². The summed E-state index contributed by atoms with van der Waals surface area (Å²) >= 11 is 9.32. The number of hydrogen-bond donors (Lipinski definition) is 1. The smallest absolute Gasteiger partial charge is 0.254 e. The van der Waals surface area contributed by atoms with E-state index >= 15 is 0 Å². The molecule has 1 aliphatic carbocycles. The molecule has 1 aromatic heterocycles. The van der Waals surface area contributed by atoms with Crippen molar-refractivity contribution in [1.29, 1.82) is 0 Å². The lowest BCUT2D eigenvalue weighted by Crippen LogP contribution is -2.56. The standard InChI is InChI=1S/C24H27ClN4O3S2/c1-4-16-13-28(8-9-29(16)20(30)5-2)23(32)17-11-19(18(25)10-14(17)3)33-21-12-26-24(34-21)27-22(31)15-6-7-15/h5,10-12,15-16H,2,4,6-9,13H2,1,3H3,(H,26,27,31)/t16-/m1/s1. The Hall–Kier alpha value is -2.36. The van der Waals surface area contributed by atoms with Gasteiger partial charge in [-0.3, -0.25) is 14.4 Å². The number of halogens is 1. The molecule has 0 radical (unpaired) electrons. The van der Waals surface area contributed by atoms with E-state index in [2.05, 4.69) is 16.9 Å². The van der Waals surface area contributed by atoms with E-state index in [1.54, 1.807) is 11.1 Å². The number of nitrogens with one attached hydrogen (secondary N) is 1. The minimum atomic E-state index is -0.0995. The lowest BCUT2D eigenvalue weighted by atomic mass is 10.0. The molecule has 4 rings (SSSR count). The number of amides is 3. The summed E-state index contributed by atoms with van der Waals surface area (Å²) in [6.45, 7) is 8.92. The zero-order chi connectivity index (χ0) is 24.4. The van der Waals surface area contributed by atoms with Crippen molar-refractivity contribution in [3.63, 3.8) is 0 Å². The third kappa shape index (κ3) is 5.47. The molecule has 7 nitrogen and oxygen atoms in total. The number of carbonyl (C=O) groups is 3. The predicted molar refractivity (Wildman–Crippen MR) is 136 cm³/mol. The second kappa shape index (κ2) is 10.5. The Labute approximate surface area is 212 Å². The highest BCUT2D eigenvalue weighted by Gasteiger charge is 2.32. The van der Waals surface area contributed by atoms with Crippen LogP contribution in [0.1, 0.15) is 42.1 Å². The van der Waals surface area contributed by atoms with Gasteiger partial charge in [0.15, 0.2) is 5.13 Å². The molecule has 2 aromatic rings. The van der Waals surface area contributed by atoms with Crippen LogP contribution in [0.4, 0.5) is 5.13 Å². The van der Waals surface area contributed by atoms with Crippen LogP contribution in [0.3, 0.4) is 0 Å². The highest BCUT2D eigenvalue weighted by atomic mass is 35.5. The van der Waals surface area contributed by atoms with Crippen LogP contribution in [0, 0.1) is 12.8 Å². The summed E-state index contributed by atoms with van der Waals surface area (Å²) in [6, 6.07) is 3.60. The van der Waals surface area contributed by atoms with E-state index in [-0.39, 0.29) is 29.7 Å². The molecule has 2 aliphatic rings. The molecule has 2 fully saturated rings. The number of benzene rings is 1. The number of carbonyl (C=O) groups excluding carboxylic acids is 3. The summed E-state index contributed by atoms with van der Waals surface area (Å²) in [4.78, 5) is 46.2. The van der Waals surface area contributed by atoms with Crippen LogP contribution in [0.5, 0.6) is 0 Å². The second-order valence-electron chi connectivity index (χ2n) is 8.50. The monoisotopic (exact) mass is 518 g/mol. The number of rotatable bonds is 7. The first-order chi connectivity index (χ1) is 16.3. The van der Waals surface area contributed by atoms with Crippen LogP contribution < -0.4 is 5.32 Å². The van der Waals surface area contributed by atoms with E-state index in [0.717, 1.165) is 33.9 Å². The fraction of sp³-hybridized carbons (Fsp3) is 0.417. The van der Waals surface area contributed by atoms with Crippen molar-refractivity contribution >= 4 is 57.6 Å². The van der Waals surface area contributed by atoms with Crippen molar-refractivity contribution in [3.05, 3.63) is 47.1 Å². The summed E-state index contributed by atoms with van der Waals surface area (Å²) in [5, 5.41) is 3.98. The van der Waals surface area contributed by atoms with Gasteiger partial charge in [-0.1, -0.05) is 48.2 Å². The lowest BCUT2D eigenvalue weighted by molar-refractivity contribution is -0.130. The van der Waals surface area contributed by atoms with Gasteiger partial charge in [0.05, 0.1) is 15.4 Å². The quantitative estimate of drug-likeness (QED) is 0.529. The molecule has 3 amide bonds. The van der Waals surface area contributed by atoms with Crippen molar-refractivity contribution in [1.82, 2.24) is 14.8 Å². The molecule has 0 bridgehead atoms. The Balaban J connectivity index is 1.48. The number of aryl methyl sites for hydroxylation is 1. The Morgan fingerprint density at radius 2 is 2.09 bits per heavy atom.